The average Bonchev–Trinajstić information content (AvgIpc) is 3.15. The van der Waals surface area contributed by atoms with Crippen molar-refractivity contribution >= 4 is 34.4 Å². The third-order valence-corrected chi connectivity index (χ3v) is 5.57. The Labute approximate surface area is 191 Å². The lowest BCUT2D eigenvalue weighted by Gasteiger charge is -2.16. The Morgan fingerprint density at radius 1 is 0.969 bits per heavy atom. The van der Waals surface area contributed by atoms with Crippen LogP contribution in [-0.4, -0.2) is 21.4 Å². The number of nitrogens with one attached hydrogen (secondary N) is 2. The fourth-order valence-electron chi connectivity index (χ4n) is 3.59. The summed E-state index contributed by atoms with van der Waals surface area (Å²) in [6, 6.07) is 24.1. The van der Waals surface area contributed by atoms with Gasteiger partial charge in [0.25, 0.3) is 5.91 Å². The Balaban J connectivity index is 1.52. The van der Waals surface area contributed by atoms with Gasteiger partial charge in [0.15, 0.2) is 0 Å². The van der Waals surface area contributed by atoms with Crippen LogP contribution >= 0.6 is 11.6 Å². The van der Waals surface area contributed by atoms with E-state index in [1.807, 2.05) is 66.1 Å². The van der Waals surface area contributed by atoms with Crippen LogP contribution < -0.4 is 10.6 Å². The predicted octanol–water partition coefficient (Wildman–Crippen LogP) is 4.50. The molecule has 162 valence electrons. The minimum absolute atomic E-state index is 0.0922. The molecule has 0 radical (unpaired) electrons. The van der Waals surface area contributed by atoms with E-state index in [9.17, 15) is 9.59 Å². The summed E-state index contributed by atoms with van der Waals surface area (Å²) in [6.45, 7) is 2.21. The SMILES string of the molecule is CC(NC(=O)Cn1c(CNC(=O)c2ccccc2Cl)nc2ccccc21)c1ccccc1. The first-order chi connectivity index (χ1) is 15.5. The summed E-state index contributed by atoms with van der Waals surface area (Å²) < 4.78 is 1.83. The molecule has 7 heteroatoms. The van der Waals surface area contributed by atoms with Gasteiger partial charge in [-0.25, -0.2) is 4.98 Å². The van der Waals surface area contributed by atoms with Gasteiger partial charge >= 0.3 is 0 Å². The molecule has 2 amide bonds. The Morgan fingerprint density at radius 2 is 1.66 bits per heavy atom. The summed E-state index contributed by atoms with van der Waals surface area (Å²) in [6.07, 6.45) is 0. The van der Waals surface area contributed by atoms with E-state index in [2.05, 4.69) is 15.6 Å². The number of hydrogen-bond donors (Lipinski definition) is 2. The van der Waals surface area contributed by atoms with Gasteiger partial charge < -0.3 is 15.2 Å². The highest BCUT2D eigenvalue weighted by atomic mass is 35.5. The molecule has 0 spiro atoms. The van der Waals surface area contributed by atoms with Crippen LogP contribution in [0.4, 0.5) is 0 Å². The van der Waals surface area contributed by atoms with Crippen LogP contribution in [-0.2, 0) is 17.9 Å². The van der Waals surface area contributed by atoms with Crippen LogP contribution in [0.25, 0.3) is 11.0 Å². The number of amides is 2. The zero-order chi connectivity index (χ0) is 22.5. The first-order valence-corrected chi connectivity index (χ1v) is 10.7. The molecule has 32 heavy (non-hydrogen) atoms. The van der Waals surface area contributed by atoms with Gasteiger partial charge in [0.05, 0.1) is 34.2 Å². The molecule has 0 fully saturated rings. The highest BCUT2D eigenvalue weighted by molar-refractivity contribution is 6.33. The maximum atomic E-state index is 12.8. The van der Waals surface area contributed by atoms with Crippen molar-refractivity contribution in [2.45, 2.75) is 26.1 Å². The molecule has 6 nitrogen and oxygen atoms in total. The smallest absolute Gasteiger partial charge is 0.253 e. The van der Waals surface area contributed by atoms with Crippen molar-refractivity contribution in [2.24, 2.45) is 0 Å². The predicted molar refractivity (Wildman–Crippen MR) is 125 cm³/mol. The number of hydrogen-bond acceptors (Lipinski definition) is 3. The van der Waals surface area contributed by atoms with Gasteiger partial charge in [-0.1, -0.05) is 66.2 Å². The number of benzene rings is 3. The summed E-state index contributed by atoms with van der Waals surface area (Å²) in [4.78, 5) is 30.0. The van der Waals surface area contributed by atoms with E-state index in [0.29, 0.717) is 16.4 Å². The normalized spacial score (nSPS) is 11.8. The highest BCUT2D eigenvalue weighted by Gasteiger charge is 2.17. The first-order valence-electron chi connectivity index (χ1n) is 10.3. The Kier molecular flexibility index (Phi) is 6.52. The van der Waals surface area contributed by atoms with Crippen molar-refractivity contribution < 1.29 is 9.59 Å². The summed E-state index contributed by atoms with van der Waals surface area (Å²) in [5, 5.41) is 6.27. The Bertz CT molecular complexity index is 1250. The maximum absolute atomic E-state index is 12.8. The second kappa shape index (κ2) is 9.66. The van der Waals surface area contributed by atoms with Crippen LogP contribution in [0.5, 0.6) is 0 Å². The standard InChI is InChI=1S/C25H23ClN4O2/c1-17(18-9-3-2-4-10-18)28-24(31)16-30-22-14-8-7-13-21(22)29-23(30)15-27-25(32)19-11-5-6-12-20(19)26/h2-14,17H,15-16H2,1H3,(H,27,32)(H,28,31). The van der Waals surface area contributed by atoms with E-state index < -0.39 is 0 Å². The lowest BCUT2D eigenvalue weighted by Crippen LogP contribution is -2.31. The van der Waals surface area contributed by atoms with Crippen LogP contribution in [0.15, 0.2) is 78.9 Å². The van der Waals surface area contributed by atoms with Crippen molar-refractivity contribution in [1.82, 2.24) is 20.2 Å². The van der Waals surface area contributed by atoms with Crippen molar-refractivity contribution in [3.8, 4) is 0 Å². The van der Waals surface area contributed by atoms with E-state index >= 15 is 0 Å². The molecular weight excluding hydrogens is 424 g/mol. The fourth-order valence-corrected chi connectivity index (χ4v) is 3.81. The third-order valence-electron chi connectivity index (χ3n) is 5.24. The van der Waals surface area contributed by atoms with Gasteiger partial charge in [0.2, 0.25) is 5.91 Å². The maximum Gasteiger partial charge on any atom is 0.253 e. The van der Waals surface area contributed by atoms with Crippen molar-refractivity contribution in [2.75, 3.05) is 0 Å². The molecule has 0 aliphatic heterocycles. The molecular formula is C25H23ClN4O2. The van der Waals surface area contributed by atoms with Crippen molar-refractivity contribution in [3.63, 3.8) is 0 Å². The molecule has 0 saturated carbocycles. The van der Waals surface area contributed by atoms with E-state index in [0.717, 1.165) is 16.6 Å². The quantitative estimate of drug-likeness (QED) is 0.439. The molecule has 1 atom stereocenters. The number of fused-ring (bicyclic) bond motifs is 1. The van der Waals surface area contributed by atoms with Crippen molar-refractivity contribution in [1.29, 1.82) is 0 Å². The molecule has 1 heterocycles. The van der Waals surface area contributed by atoms with E-state index in [1.54, 1.807) is 24.3 Å². The molecule has 3 aromatic carbocycles. The molecule has 4 aromatic rings. The molecule has 1 aromatic heterocycles. The molecule has 0 aliphatic carbocycles. The second-order valence-electron chi connectivity index (χ2n) is 7.47. The molecule has 1 unspecified atom stereocenters. The molecule has 4 rings (SSSR count). The Hall–Kier alpha value is -3.64. The summed E-state index contributed by atoms with van der Waals surface area (Å²) in [7, 11) is 0. The van der Waals surface area contributed by atoms with Gasteiger partial charge in [0, 0.05) is 0 Å². The average molecular weight is 447 g/mol. The van der Waals surface area contributed by atoms with Crippen LogP contribution in [0.3, 0.4) is 0 Å². The van der Waals surface area contributed by atoms with Crippen molar-refractivity contribution in [3.05, 3.63) is 101 Å². The number of carbonyl (C=O) groups is 2. The number of para-hydroxylation sites is 2. The van der Waals surface area contributed by atoms with Crippen LogP contribution in [0.2, 0.25) is 5.02 Å². The third kappa shape index (κ3) is 4.81. The molecule has 0 saturated heterocycles. The highest BCUT2D eigenvalue weighted by Crippen LogP contribution is 2.18. The molecule has 0 bridgehead atoms. The van der Waals surface area contributed by atoms with Gasteiger partial charge in [0.1, 0.15) is 12.4 Å². The monoisotopic (exact) mass is 446 g/mol. The number of nitrogens with zero attached hydrogens (tertiary/aromatic N) is 2. The number of rotatable bonds is 7. The molecule has 2 N–H and O–H groups in total. The molecule has 0 aliphatic rings. The number of aromatic nitrogens is 2. The van der Waals surface area contributed by atoms with E-state index in [4.69, 9.17) is 11.6 Å². The minimum atomic E-state index is -0.295. The second-order valence-corrected chi connectivity index (χ2v) is 7.87. The van der Waals surface area contributed by atoms with Crippen LogP contribution in [0, 0.1) is 0 Å². The Morgan fingerprint density at radius 3 is 2.44 bits per heavy atom. The number of carbonyl (C=O) groups excluding carboxylic acids is 2. The van der Waals surface area contributed by atoms with Gasteiger partial charge in [-0.3, -0.25) is 9.59 Å². The zero-order valence-corrected chi connectivity index (χ0v) is 18.3. The van der Waals surface area contributed by atoms with Gasteiger partial charge in [-0.05, 0) is 36.8 Å². The lowest BCUT2D eigenvalue weighted by atomic mass is 10.1. The van der Waals surface area contributed by atoms with Gasteiger partial charge in [-0.15, -0.1) is 0 Å². The zero-order valence-electron chi connectivity index (χ0n) is 17.6. The summed E-state index contributed by atoms with van der Waals surface area (Å²) in [5.74, 6) is 0.161. The van der Waals surface area contributed by atoms with E-state index in [1.165, 1.54) is 0 Å². The van der Waals surface area contributed by atoms with Gasteiger partial charge in [-0.2, -0.15) is 0 Å². The van der Waals surface area contributed by atoms with E-state index in [-0.39, 0.29) is 30.9 Å². The largest absolute Gasteiger partial charge is 0.348 e. The topological polar surface area (TPSA) is 76.0 Å². The number of halogens is 1. The minimum Gasteiger partial charge on any atom is -0.348 e. The number of imidazole rings is 1. The fraction of sp³-hybridized carbons (Fsp3) is 0.160. The summed E-state index contributed by atoms with van der Waals surface area (Å²) >= 11 is 6.13. The lowest BCUT2D eigenvalue weighted by molar-refractivity contribution is -0.122. The first kappa shape index (κ1) is 21.6. The van der Waals surface area contributed by atoms with Crippen LogP contribution in [0.1, 0.15) is 34.7 Å². The summed E-state index contributed by atoms with van der Waals surface area (Å²) in [5.41, 5.74) is 3.02.